The van der Waals surface area contributed by atoms with E-state index >= 15 is 0 Å². The number of likely N-dealkylation sites (tertiary alicyclic amines) is 1. The van der Waals surface area contributed by atoms with E-state index in [9.17, 15) is 9.59 Å². The average molecular weight is 361 g/mol. The molecule has 142 valence electrons. The van der Waals surface area contributed by atoms with E-state index in [0.717, 1.165) is 39.0 Å². The second-order valence-corrected chi connectivity index (χ2v) is 6.83. The Bertz CT molecular complexity index is 596. The molecular weight excluding hydrogens is 334 g/mol. The van der Waals surface area contributed by atoms with Gasteiger partial charge in [-0.1, -0.05) is 0 Å². The van der Waals surface area contributed by atoms with Gasteiger partial charge in [0.2, 0.25) is 11.8 Å². The van der Waals surface area contributed by atoms with Gasteiger partial charge in [0.05, 0.1) is 12.6 Å². The number of pyridine rings is 1. The van der Waals surface area contributed by atoms with Crippen LogP contribution < -0.4 is 10.6 Å². The summed E-state index contributed by atoms with van der Waals surface area (Å²) < 4.78 is 5.44. The first-order valence-electron chi connectivity index (χ1n) is 9.17. The molecule has 8 heteroatoms. The molecule has 2 saturated heterocycles. The first-order chi connectivity index (χ1) is 12.6. The fourth-order valence-corrected chi connectivity index (χ4v) is 3.48. The van der Waals surface area contributed by atoms with Crippen LogP contribution in [0.4, 0.5) is 5.69 Å². The summed E-state index contributed by atoms with van der Waals surface area (Å²) in [6, 6.07) is 4.04. The molecule has 0 atom stereocenters. The number of aromatic nitrogens is 1. The van der Waals surface area contributed by atoms with E-state index in [1.807, 2.05) is 29.4 Å². The molecule has 0 radical (unpaired) electrons. The minimum atomic E-state index is -0.450. The molecule has 3 heterocycles. The smallest absolute Gasteiger partial charge is 0.243 e. The molecule has 0 saturated carbocycles. The summed E-state index contributed by atoms with van der Waals surface area (Å²) in [6.07, 6.45) is 5.16. The number of carbonyl (C=O) groups is 2. The summed E-state index contributed by atoms with van der Waals surface area (Å²) in [4.78, 5) is 33.8. The minimum absolute atomic E-state index is 0.0236. The summed E-state index contributed by atoms with van der Waals surface area (Å²) in [5.74, 6) is -0.273. The minimum Gasteiger partial charge on any atom is -0.369 e. The highest BCUT2D eigenvalue weighted by molar-refractivity contribution is 5.78. The molecule has 1 aromatic rings. The van der Waals surface area contributed by atoms with Gasteiger partial charge in [-0.05, 0) is 25.0 Å². The van der Waals surface area contributed by atoms with Crippen molar-refractivity contribution >= 4 is 17.5 Å². The normalized spacial score (nSPS) is 19.5. The number of rotatable bonds is 6. The van der Waals surface area contributed by atoms with E-state index in [2.05, 4.69) is 14.8 Å². The van der Waals surface area contributed by atoms with Crippen molar-refractivity contribution in [2.75, 3.05) is 57.3 Å². The highest BCUT2D eigenvalue weighted by Crippen LogP contribution is 2.16. The number of nitrogens with two attached hydrogens (primary N) is 1. The number of piperazine rings is 1. The molecule has 2 amide bonds. The third kappa shape index (κ3) is 5.15. The molecule has 2 aliphatic rings. The van der Waals surface area contributed by atoms with Crippen molar-refractivity contribution in [2.45, 2.75) is 18.9 Å². The summed E-state index contributed by atoms with van der Waals surface area (Å²) in [6.45, 7) is 5.38. The van der Waals surface area contributed by atoms with Gasteiger partial charge in [0.25, 0.3) is 0 Å². The zero-order chi connectivity index (χ0) is 18.4. The Balaban J connectivity index is 1.38. The topological polar surface area (TPSA) is 92.0 Å². The van der Waals surface area contributed by atoms with E-state index in [4.69, 9.17) is 10.5 Å². The van der Waals surface area contributed by atoms with Gasteiger partial charge < -0.3 is 20.3 Å². The maximum atomic E-state index is 12.5. The van der Waals surface area contributed by atoms with Crippen LogP contribution in [-0.2, 0) is 14.3 Å². The molecule has 0 bridgehead atoms. The van der Waals surface area contributed by atoms with Gasteiger partial charge in [-0.15, -0.1) is 0 Å². The van der Waals surface area contributed by atoms with Crippen LogP contribution in [-0.4, -0.2) is 85.1 Å². The van der Waals surface area contributed by atoms with Gasteiger partial charge in [0.15, 0.2) is 0 Å². The molecule has 26 heavy (non-hydrogen) atoms. The van der Waals surface area contributed by atoms with Crippen LogP contribution in [0.3, 0.4) is 0 Å². The number of hydrogen-bond acceptors (Lipinski definition) is 6. The monoisotopic (exact) mass is 361 g/mol. The summed E-state index contributed by atoms with van der Waals surface area (Å²) in [7, 11) is 0. The van der Waals surface area contributed by atoms with Gasteiger partial charge in [-0.25, -0.2) is 0 Å². The number of hydrogen-bond donors (Lipinski definition) is 1. The average Bonchev–Trinajstić information content (AvgIpc) is 2.68. The number of carbonyl (C=O) groups excluding carboxylic acids is 2. The van der Waals surface area contributed by atoms with E-state index in [0.29, 0.717) is 19.6 Å². The quantitative estimate of drug-likeness (QED) is 0.748. The first kappa shape index (κ1) is 18.6. The van der Waals surface area contributed by atoms with Crippen molar-refractivity contribution in [3.63, 3.8) is 0 Å². The maximum Gasteiger partial charge on any atom is 0.243 e. The zero-order valence-electron chi connectivity index (χ0n) is 15.0. The van der Waals surface area contributed by atoms with Crippen LogP contribution >= 0.6 is 0 Å². The fourth-order valence-electron chi connectivity index (χ4n) is 3.48. The zero-order valence-corrected chi connectivity index (χ0v) is 15.0. The van der Waals surface area contributed by atoms with Crippen molar-refractivity contribution in [1.29, 1.82) is 0 Å². The van der Waals surface area contributed by atoms with Crippen molar-refractivity contribution in [2.24, 2.45) is 5.73 Å². The molecule has 2 N–H and O–H groups in total. The largest absolute Gasteiger partial charge is 0.369 e. The molecule has 2 fully saturated rings. The second kappa shape index (κ2) is 8.95. The Morgan fingerprint density at radius 1 is 1.08 bits per heavy atom. The van der Waals surface area contributed by atoms with E-state index in [1.165, 1.54) is 5.69 Å². The van der Waals surface area contributed by atoms with E-state index in [-0.39, 0.29) is 18.6 Å². The molecular formula is C18H27N5O3. The first-order valence-corrected chi connectivity index (χ1v) is 9.17. The summed E-state index contributed by atoms with van der Waals surface area (Å²) in [5.41, 5.74) is 6.28. The van der Waals surface area contributed by atoms with E-state index in [1.54, 1.807) is 0 Å². The van der Waals surface area contributed by atoms with Crippen molar-refractivity contribution < 1.29 is 14.3 Å². The van der Waals surface area contributed by atoms with Gasteiger partial charge in [0, 0.05) is 57.3 Å². The number of primary amides is 1. The third-order valence-electron chi connectivity index (χ3n) is 5.02. The lowest BCUT2D eigenvalue weighted by atomic mass is 10.1. The van der Waals surface area contributed by atoms with Crippen molar-refractivity contribution in [1.82, 2.24) is 14.8 Å². The van der Waals surface area contributed by atoms with Crippen LogP contribution in [0.15, 0.2) is 24.5 Å². The number of amides is 2. The van der Waals surface area contributed by atoms with Crippen LogP contribution in [0.2, 0.25) is 0 Å². The van der Waals surface area contributed by atoms with Crippen LogP contribution in [0.5, 0.6) is 0 Å². The lowest BCUT2D eigenvalue weighted by molar-refractivity contribution is -0.136. The summed E-state index contributed by atoms with van der Waals surface area (Å²) >= 11 is 0. The lowest BCUT2D eigenvalue weighted by Crippen LogP contribution is -2.51. The Morgan fingerprint density at radius 3 is 2.35 bits per heavy atom. The van der Waals surface area contributed by atoms with Gasteiger partial charge >= 0.3 is 0 Å². The van der Waals surface area contributed by atoms with Crippen LogP contribution in [0.25, 0.3) is 0 Å². The number of nitrogens with zero attached hydrogens (tertiary/aromatic N) is 4. The highest BCUT2D eigenvalue weighted by Gasteiger charge is 2.26. The molecule has 0 unspecified atom stereocenters. The standard InChI is InChI=1S/C18H27N5O3/c19-17(24)14-26-16-3-7-23(8-4-16)18(25)13-21-9-11-22(12-10-21)15-1-5-20-6-2-15/h1-2,5-6,16H,3-4,7-14H2,(H2,19,24). The van der Waals surface area contributed by atoms with Crippen molar-refractivity contribution in [3.8, 4) is 0 Å². The molecule has 0 aromatic carbocycles. The highest BCUT2D eigenvalue weighted by atomic mass is 16.5. The Morgan fingerprint density at radius 2 is 1.73 bits per heavy atom. The Kier molecular flexibility index (Phi) is 6.40. The number of piperidine rings is 1. The predicted octanol–water partition coefficient (Wildman–Crippen LogP) is -0.303. The Hall–Kier alpha value is -2.19. The molecule has 8 nitrogen and oxygen atoms in total. The van der Waals surface area contributed by atoms with E-state index < -0.39 is 5.91 Å². The lowest BCUT2D eigenvalue weighted by Gasteiger charge is -2.37. The molecule has 0 aliphatic carbocycles. The second-order valence-electron chi connectivity index (χ2n) is 6.83. The number of anilines is 1. The summed E-state index contributed by atoms with van der Waals surface area (Å²) in [5, 5.41) is 0. The van der Waals surface area contributed by atoms with Crippen LogP contribution in [0, 0.1) is 0 Å². The maximum absolute atomic E-state index is 12.5. The molecule has 0 spiro atoms. The number of ether oxygens (including phenoxy) is 1. The third-order valence-corrected chi connectivity index (χ3v) is 5.02. The molecule has 2 aliphatic heterocycles. The van der Waals surface area contributed by atoms with Crippen molar-refractivity contribution in [3.05, 3.63) is 24.5 Å². The Labute approximate surface area is 153 Å². The molecule has 1 aromatic heterocycles. The SMILES string of the molecule is NC(=O)COC1CCN(C(=O)CN2CCN(c3ccncc3)CC2)CC1. The van der Waals surface area contributed by atoms with Gasteiger partial charge in [-0.3, -0.25) is 19.5 Å². The van der Waals surface area contributed by atoms with Gasteiger partial charge in [0.1, 0.15) is 6.61 Å². The molecule has 3 rings (SSSR count). The van der Waals surface area contributed by atoms with Gasteiger partial charge in [-0.2, -0.15) is 0 Å². The van der Waals surface area contributed by atoms with Crippen LogP contribution in [0.1, 0.15) is 12.8 Å². The predicted molar refractivity (Wildman–Crippen MR) is 97.6 cm³/mol. The fraction of sp³-hybridized carbons (Fsp3) is 0.611.